The molecule has 1 N–H and O–H groups in total. The van der Waals surface area contributed by atoms with Crippen LogP contribution in [-0.2, 0) is 20.9 Å². The molecule has 1 heterocycles. The summed E-state index contributed by atoms with van der Waals surface area (Å²) in [5, 5.41) is 9.66. The number of benzene rings is 3. The van der Waals surface area contributed by atoms with Gasteiger partial charge in [0.05, 0.1) is 11.7 Å². The molecule has 0 fully saturated rings. The molecule has 162 valence electrons. The van der Waals surface area contributed by atoms with Crippen LogP contribution >= 0.6 is 11.6 Å². The molecule has 3 aromatic rings. The first-order chi connectivity index (χ1) is 15.6. The lowest BCUT2D eigenvalue weighted by Crippen LogP contribution is -2.30. The highest BCUT2D eigenvalue weighted by atomic mass is 35.5. The molecule has 0 aromatic heterocycles. The van der Waals surface area contributed by atoms with E-state index in [4.69, 9.17) is 16.3 Å². The average Bonchev–Trinajstić information content (AvgIpc) is 3.28. The standard InChI is InChI=1S/C25H22ClN3O3/c26-20-11-7-8-18(14-20)16-27-24(30)17-32-25(31)22-15-23(19-9-3-1-4-10-19)29(28-22)21-12-5-2-6-13-21/h1-14,23H,15-17H2,(H,27,30). The summed E-state index contributed by atoms with van der Waals surface area (Å²) in [5.41, 5.74) is 3.07. The lowest BCUT2D eigenvalue weighted by molar-refractivity contribution is -0.142. The van der Waals surface area contributed by atoms with Crippen LogP contribution in [0.25, 0.3) is 0 Å². The lowest BCUT2D eigenvalue weighted by Gasteiger charge is -2.23. The molecule has 1 aliphatic heterocycles. The molecule has 1 atom stereocenters. The number of esters is 1. The van der Waals surface area contributed by atoms with Gasteiger partial charge in [0.1, 0.15) is 5.71 Å². The summed E-state index contributed by atoms with van der Waals surface area (Å²) in [4.78, 5) is 24.8. The molecule has 4 rings (SSSR count). The number of hydrazone groups is 1. The molecule has 0 aliphatic carbocycles. The highest BCUT2D eigenvalue weighted by Gasteiger charge is 2.33. The number of para-hydroxylation sites is 1. The maximum atomic E-state index is 12.6. The number of nitrogens with one attached hydrogen (secondary N) is 1. The summed E-state index contributed by atoms with van der Waals surface area (Å²) in [7, 11) is 0. The average molecular weight is 448 g/mol. The van der Waals surface area contributed by atoms with Crippen molar-refractivity contribution in [2.24, 2.45) is 5.10 Å². The van der Waals surface area contributed by atoms with Gasteiger partial charge in [-0.25, -0.2) is 4.79 Å². The number of hydrogen-bond acceptors (Lipinski definition) is 5. The van der Waals surface area contributed by atoms with Crippen LogP contribution in [0, 0.1) is 0 Å². The van der Waals surface area contributed by atoms with E-state index in [-0.39, 0.29) is 18.4 Å². The van der Waals surface area contributed by atoms with Gasteiger partial charge >= 0.3 is 5.97 Å². The number of amides is 1. The molecular formula is C25H22ClN3O3. The van der Waals surface area contributed by atoms with Crippen molar-refractivity contribution in [1.82, 2.24) is 5.32 Å². The van der Waals surface area contributed by atoms with Gasteiger partial charge in [0.15, 0.2) is 6.61 Å². The van der Waals surface area contributed by atoms with Crippen LogP contribution in [0.15, 0.2) is 90.0 Å². The van der Waals surface area contributed by atoms with Gasteiger partial charge in [-0.1, -0.05) is 72.3 Å². The Hall–Kier alpha value is -3.64. The fraction of sp³-hybridized carbons (Fsp3) is 0.160. The van der Waals surface area contributed by atoms with Gasteiger partial charge in [-0.15, -0.1) is 0 Å². The molecule has 32 heavy (non-hydrogen) atoms. The monoisotopic (exact) mass is 447 g/mol. The minimum absolute atomic E-state index is 0.127. The Bertz CT molecular complexity index is 1120. The largest absolute Gasteiger partial charge is 0.451 e. The molecule has 0 bridgehead atoms. The van der Waals surface area contributed by atoms with E-state index < -0.39 is 11.9 Å². The Kier molecular flexibility index (Phi) is 6.82. The Morgan fingerprint density at radius 2 is 1.72 bits per heavy atom. The van der Waals surface area contributed by atoms with Crippen molar-refractivity contribution >= 4 is 34.9 Å². The van der Waals surface area contributed by atoms with Gasteiger partial charge < -0.3 is 10.1 Å². The minimum atomic E-state index is -0.595. The highest BCUT2D eigenvalue weighted by molar-refractivity contribution is 6.37. The first kappa shape index (κ1) is 21.6. The predicted octanol–water partition coefficient (Wildman–Crippen LogP) is 4.51. The zero-order valence-electron chi connectivity index (χ0n) is 17.3. The molecule has 7 heteroatoms. The van der Waals surface area contributed by atoms with E-state index in [1.165, 1.54) is 0 Å². The van der Waals surface area contributed by atoms with E-state index in [0.29, 0.717) is 18.0 Å². The second kappa shape index (κ2) is 10.1. The second-order valence-corrected chi connectivity index (χ2v) is 7.78. The molecular weight excluding hydrogens is 426 g/mol. The number of rotatable bonds is 7. The first-order valence-electron chi connectivity index (χ1n) is 10.2. The molecule has 1 aliphatic rings. The summed E-state index contributed by atoms with van der Waals surface area (Å²) in [5.74, 6) is -0.987. The first-order valence-corrected chi connectivity index (χ1v) is 10.6. The van der Waals surface area contributed by atoms with Gasteiger partial charge in [0.25, 0.3) is 5.91 Å². The topological polar surface area (TPSA) is 71.0 Å². The van der Waals surface area contributed by atoms with Crippen molar-refractivity contribution in [2.75, 3.05) is 11.6 Å². The third kappa shape index (κ3) is 5.34. The lowest BCUT2D eigenvalue weighted by atomic mass is 10.0. The van der Waals surface area contributed by atoms with Crippen molar-refractivity contribution in [3.63, 3.8) is 0 Å². The maximum Gasteiger partial charge on any atom is 0.355 e. The van der Waals surface area contributed by atoms with Gasteiger partial charge in [0.2, 0.25) is 0 Å². The van der Waals surface area contributed by atoms with Crippen molar-refractivity contribution < 1.29 is 14.3 Å². The van der Waals surface area contributed by atoms with Crippen LogP contribution in [0.2, 0.25) is 5.02 Å². The number of hydrogen-bond donors (Lipinski definition) is 1. The van der Waals surface area contributed by atoms with Crippen molar-refractivity contribution in [3.8, 4) is 0 Å². The zero-order chi connectivity index (χ0) is 22.3. The summed E-state index contributed by atoms with van der Waals surface area (Å²) in [6, 6.07) is 26.6. The smallest absolute Gasteiger partial charge is 0.355 e. The Balaban J connectivity index is 1.38. The summed E-state index contributed by atoms with van der Waals surface area (Å²) in [6.45, 7) is -0.0739. The summed E-state index contributed by atoms with van der Waals surface area (Å²) >= 11 is 5.95. The molecule has 1 amide bonds. The third-order valence-electron chi connectivity index (χ3n) is 5.06. The Morgan fingerprint density at radius 1 is 1.00 bits per heavy atom. The maximum absolute atomic E-state index is 12.6. The molecule has 6 nitrogen and oxygen atoms in total. The fourth-order valence-electron chi connectivity index (χ4n) is 3.50. The van der Waals surface area contributed by atoms with Gasteiger partial charge in [-0.2, -0.15) is 5.10 Å². The van der Waals surface area contributed by atoms with Crippen molar-refractivity contribution in [2.45, 2.75) is 19.0 Å². The summed E-state index contributed by atoms with van der Waals surface area (Å²) in [6.07, 6.45) is 0.391. The molecule has 1 unspecified atom stereocenters. The van der Waals surface area contributed by atoms with Gasteiger partial charge in [-0.05, 0) is 35.4 Å². The van der Waals surface area contributed by atoms with Crippen molar-refractivity contribution in [3.05, 3.63) is 101 Å². The Morgan fingerprint density at radius 3 is 2.44 bits per heavy atom. The number of halogens is 1. The molecule has 0 spiro atoms. The van der Waals surface area contributed by atoms with Gasteiger partial charge in [-0.3, -0.25) is 9.80 Å². The van der Waals surface area contributed by atoms with Crippen LogP contribution < -0.4 is 10.3 Å². The van der Waals surface area contributed by atoms with Gasteiger partial charge in [0, 0.05) is 18.0 Å². The fourth-order valence-corrected chi connectivity index (χ4v) is 3.71. The van der Waals surface area contributed by atoms with Crippen molar-refractivity contribution in [1.29, 1.82) is 0 Å². The summed E-state index contributed by atoms with van der Waals surface area (Å²) < 4.78 is 5.23. The van der Waals surface area contributed by atoms with E-state index in [2.05, 4.69) is 10.4 Å². The predicted molar refractivity (Wildman–Crippen MR) is 124 cm³/mol. The van der Waals surface area contributed by atoms with E-state index in [1.807, 2.05) is 77.8 Å². The number of ether oxygens (including phenoxy) is 1. The number of carbonyl (C=O) groups is 2. The van der Waals surface area contributed by atoms with Crippen LogP contribution in [0.3, 0.4) is 0 Å². The SMILES string of the molecule is O=C(COC(=O)C1=NN(c2ccccc2)C(c2ccccc2)C1)NCc1cccc(Cl)c1. The van der Waals surface area contributed by atoms with E-state index in [1.54, 1.807) is 12.1 Å². The molecule has 0 radical (unpaired) electrons. The zero-order valence-corrected chi connectivity index (χ0v) is 18.0. The number of anilines is 1. The van der Waals surface area contributed by atoms with Crippen LogP contribution in [0.1, 0.15) is 23.6 Å². The van der Waals surface area contributed by atoms with Crippen LogP contribution in [0.4, 0.5) is 5.69 Å². The van der Waals surface area contributed by atoms with E-state index in [0.717, 1.165) is 16.8 Å². The Labute approximate surface area is 191 Å². The second-order valence-electron chi connectivity index (χ2n) is 7.34. The number of nitrogens with zero attached hydrogens (tertiary/aromatic N) is 2. The number of carbonyl (C=O) groups excluding carboxylic acids is 2. The van der Waals surface area contributed by atoms with Crippen LogP contribution in [0.5, 0.6) is 0 Å². The highest BCUT2D eigenvalue weighted by Crippen LogP contribution is 2.35. The van der Waals surface area contributed by atoms with E-state index >= 15 is 0 Å². The molecule has 0 saturated heterocycles. The molecule has 3 aromatic carbocycles. The normalized spacial score (nSPS) is 15.2. The quantitative estimate of drug-likeness (QED) is 0.541. The molecule has 0 saturated carbocycles. The van der Waals surface area contributed by atoms with Crippen LogP contribution in [-0.4, -0.2) is 24.2 Å². The third-order valence-corrected chi connectivity index (χ3v) is 5.30. The minimum Gasteiger partial charge on any atom is -0.451 e. The van der Waals surface area contributed by atoms with E-state index in [9.17, 15) is 9.59 Å².